The second-order valence-electron chi connectivity index (χ2n) is 4.05. The Bertz CT molecular complexity index is 514. The Balaban J connectivity index is 2.32. The zero-order valence-corrected chi connectivity index (χ0v) is 9.72. The number of aromatic nitrogens is 1. The van der Waals surface area contributed by atoms with Crippen LogP contribution in [-0.4, -0.2) is 34.5 Å². The molecular weight excluding hydrogens is 216 g/mol. The van der Waals surface area contributed by atoms with Crippen molar-refractivity contribution in [1.82, 2.24) is 4.98 Å². The van der Waals surface area contributed by atoms with Crippen molar-refractivity contribution >= 4 is 16.6 Å². The van der Waals surface area contributed by atoms with Gasteiger partial charge in [0.15, 0.2) is 0 Å². The van der Waals surface area contributed by atoms with E-state index >= 15 is 0 Å². The number of rotatable bonds is 4. The Labute approximate surface area is 99.9 Å². The molecule has 3 N–H and O–H groups in total. The van der Waals surface area contributed by atoms with E-state index in [1.54, 1.807) is 0 Å². The van der Waals surface area contributed by atoms with Crippen LogP contribution in [0.25, 0.3) is 10.8 Å². The number of nitrogens with one attached hydrogen (secondary N) is 1. The maximum atomic E-state index is 9.32. The standard InChI is InChI=1S/C13H16N2O2/c1-9-6-10-4-2-3-5-12(10)13(15-9)14-7-11(17)8-16/h2-6,11,16-17H,7-8H2,1H3,(H,14,15). The molecule has 4 nitrogen and oxygen atoms in total. The molecule has 2 rings (SSSR count). The van der Waals surface area contributed by atoms with Gasteiger partial charge in [-0.05, 0) is 18.4 Å². The van der Waals surface area contributed by atoms with Gasteiger partial charge in [-0.25, -0.2) is 4.98 Å². The summed E-state index contributed by atoms with van der Waals surface area (Å²) in [4.78, 5) is 4.40. The first kappa shape index (κ1) is 11.8. The number of pyridine rings is 1. The molecule has 0 aliphatic carbocycles. The summed E-state index contributed by atoms with van der Waals surface area (Å²) in [5.74, 6) is 0.744. The summed E-state index contributed by atoms with van der Waals surface area (Å²) >= 11 is 0. The SMILES string of the molecule is Cc1cc2ccccc2c(NCC(O)CO)n1. The summed E-state index contributed by atoms with van der Waals surface area (Å²) in [7, 11) is 0. The quantitative estimate of drug-likeness (QED) is 0.743. The van der Waals surface area contributed by atoms with E-state index in [4.69, 9.17) is 5.11 Å². The number of aryl methyl sites for hydroxylation is 1. The van der Waals surface area contributed by atoms with Gasteiger partial charge in [-0.15, -0.1) is 0 Å². The van der Waals surface area contributed by atoms with Gasteiger partial charge in [0.2, 0.25) is 0 Å². The maximum absolute atomic E-state index is 9.32. The van der Waals surface area contributed by atoms with E-state index < -0.39 is 6.10 Å². The van der Waals surface area contributed by atoms with Crippen molar-refractivity contribution in [3.8, 4) is 0 Å². The van der Waals surface area contributed by atoms with Crippen LogP contribution in [0.4, 0.5) is 5.82 Å². The summed E-state index contributed by atoms with van der Waals surface area (Å²) in [5.41, 5.74) is 0.921. The van der Waals surface area contributed by atoms with Crippen LogP contribution in [0.5, 0.6) is 0 Å². The monoisotopic (exact) mass is 232 g/mol. The minimum absolute atomic E-state index is 0.253. The first-order chi connectivity index (χ1) is 8.20. The predicted molar refractivity (Wildman–Crippen MR) is 68.1 cm³/mol. The lowest BCUT2D eigenvalue weighted by Crippen LogP contribution is -2.23. The van der Waals surface area contributed by atoms with Crippen LogP contribution in [0.15, 0.2) is 30.3 Å². The first-order valence-corrected chi connectivity index (χ1v) is 5.60. The molecule has 0 radical (unpaired) electrons. The average Bonchev–Trinajstić information content (AvgIpc) is 2.35. The Morgan fingerprint density at radius 2 is 2.12 bits per heavy atom. The third-order valence-electron chi connectivity index (χ3n) is 2.58. The number of aliphatic hydroxyl groups excluding tert-OH is 2. The molecule has 17 heavy (non-hydrogen) atoms. The van der Waals surface area contributed by atoms with Gasteiger partial charge in [0.1, 0.15) is 5.82 Å². The Morgan fingerprint density at radius 3 is 2.88 bits per heavy atom. The van der Waals surface area contributed by atoms with E-state index in [-0.39, 0.29) is 13.2 Å². The molecule has 0 spiro atoms. The molecular formula is C13H16N2O2. The average molecular weight is 232 g/mol. The predicted octanol–water partition coefficient (Wildman–Crippen LogP) is 1.31. The van der Waals surface area contributed by atoms with Crippen molar-refractivity contribution in [3.05, 3.63) is 36.0 Å². The summed E-state index contributed by atoms with van der Waals surface area (Å²) in [6.45, 7) is 1.97. The first-order valence-electron chi connectivity index (χ1n) is 5.60. The second-order valence-corrected chi connectivity index (χ2v) is 4.05. The third kappa shape index (κ3) is 2.72. The van der Waals surface area contributed by atoms with E-state index in [0.29, 0.717) is 0 Å². The fraction of sp³-hybridized carbons (Fsp3) is 0.308. The van der Waals surface area contributed by atoms with Crippen molar-refractivity contribution in [2.45, 2.75) is 13.0 Å². The zero-order chi connectivity index (χ0) is 12.3. The van der Waals surface area contributed by atoms with Gasteiger partial charge in [0, 0.05) is 17.6 Å². The van der Waals surface area contributed by atoms with E-state index in [1.165, 1.54) is 0 Å². The largest absolute Gasteiger partial charge is 0.394 e. The highest BCUT2D eigenvalue weighted by Gasteiger charge is 2.06. The molecule has 0 fully saturated rings. The van der Waals surface area contributed by atoms with E-state index in [9.17, 15) is 5.11 Å². The van der Waals surface area contributed by atoms with Gasteiger partial charge in [0.05, 0.1) is 12.7 Å². The lowest BCUT2D eigenvalue weighted by Gasteiger charge is -2.12. The molecule has 2 aromatic rings. The molecule has 0 saturated heterocycles. The minimum Gasteiger partial charge on any atom is -0.394 e. The number of benzene rings is 1. The highest BCUT2D eigenvalue weighted by Crippen LogP contribution is 2.22. The van der Waals surface area contributed by atoms with Crippen molar-refractivity contribution in [2.75, 3.05) is 18.5 Å². The van der Waals surface area contributed by atoms with Crippen LogP contribution in [0.3, 0.4) is 0 Å². The second kappa shape index (κ2) is 5.12. The van der Waals surface area contributed by atoms with Crippen molar-refractivity contribution < 1.29 is 10.2 Å². The van der Waals surface area contributed by atoms with Crippen molar-refractivity contribution in [1.29, 1.82) is 0 Å². The Kier molecular flexibility index (Phi) is 3.56. The fourth-order valence-electron chi connectivity index (χ4n) is 1.75. The number of aliphatic hydroxyl groups is 2. The van der Waals surface area contributed by atoms with Crippen LogP contribution < -0.4 is 5.32 Å². The van der Waals surface area contributed by atoms with Gasteiger partial charge in [-0.2, -0.15) is 0 Å². The van der Waals surface area contributed by atoms with Gasteiger partial charge in [-0.3, -0.25) is 0 Å². The van der Waals surface area contributed by atoms with Gasteiger partial charge < -0.3 is 15.5 Å². The maximum Gasteiger partial charge on any atom is 0.134 e. The molecule has 1 aromatic heterocycles. The normalized spacial score (nSPS) is 12.6. The number of hydrogen-bond acceptors (Lipinski definition) is 4. The smallest absolute Gasteiger partial charge is 0.134 e. The van der Waals surface area contributed by atoms with Crippen LogP contribution in [0.2, 0.25) is 0 Å². The molecule has 0 amide bonds. The lowest BCUT2D eigenvalue weighted by atomic mass is 10.1. The van der Waals surface area contributed by atoms with E-state index in [1.807, 2.05) is 37.3 Å². The lowest BCUT2D eigenvalue weighted by molar-refractivity contribution is 0.105. The molecule has 4 heteroatoms. The minimum atomic E-state index is -0.768. The summed E-state index contributed by atoms with van der Waals surface area (Å²) in [6.07, 6.45) is -0.768. The molecule has 0 aliphatic rings. The molecule has 1 unspecified atom stereocenters. The van der Waals surface area contributed by atoms with Crippen molar-refractivity contribution in [3.63, 3.8) is 0 Å². The summed E-state index contributed by atoms with van der Waals surface area (Å²) in [5, 5.41) is 23.3. The zero-order valence-electron chi connectivity index (χ0n) is 9.72. The van der Waals surface area contributed by atoms with Crippen LogP contribution in [0, 0.1) is 6.92 Å². The number of hydrogen-bond donors (Lipinski definition) is 3. The molecule has 1 atom stereocenters. The van der Waals surface area contributed by atoms with Gasteiger partial charge in [0.25, 0.3) is 0 Å². The van der Waals surface area contributed by atoms with E-state index in [0.717, 1.165) is 22.3 Å². The fourth-order valence-corrected chi connectivity index (χ4v) is 1.75. The molecule has 1 aromatic carbocycles. The molecule has 0 saturated carbocycles. The molecule has 90 valence electrons. The van der Waals surface area contributed by atoms with Crippen LogP contribution in [-0.2, 0) is 0 Å². The Hall–Kier alpha value is -1.65. The number of nitrogens with zero attached hydrogens (tertiary/aromatic N) is 1. The topological polar surface area (TPSA) is 65.4 Å². The summed E-state index contributed by atoms with van der Waals surface area (Å²) < 4.78 is 0. The van der Waals surface area contributed by atoms with Gasteiger partial charge >= 0.3 is 0 Å². The third-order valence-corrected chi connectivity index (χ3v) is 2.58. The number of anilines is 1. The highest BCUT2D eigenvalue weighted by molar-refractivity contribution is 5.92. The van der Waals surface area contributed by atoms with E-state index in [2.05, 4.69) is 10.3 Å². The number of fused-ring (bicyclic) bond motifs is 1. The Morgan fingerprint density at radius 1 is 1.35 bits per heavy atom. The summed E-state index contributed by atoms with van der Waals surface area (Å²) in [6, 6.07) is 9.96. The van der Waals surface area contributed by atoms with Crippen molar-refractivity contribution in [2.24, 2.45) is 0 Å². The highest BCUT2D eigenvalue weighted by atomic mass is 16.3. The molecule has 0 aliphatic heterocycles. The molecule has 0 bridgehead atoms. The van der Waals surface area contributed by atoms with Crippen LogP contribution in [0.1, 0.15) is 5.69 Å². The van der Waals surface area contributed by atoms with Crippen LogP contribution >= 0.6 is 0 Å². The molecule has 1 heterocycles. The van der Waals surface area contributed by atoms with Gasteiger partial charge in [-0.1, -0.05) is 24.3 Å².